The third kappa shape index (κ3) is 5.35. The zero-order valence-corrected chi connectivity index (χ0v) is 32.9. The fourth-order valence-corrected chi connectivity index (χ4v) is 9.85. The van der Waals surface area contributed by atoms with E-state index < -0.39 is 5.41 Å². The van der Waals surface area contributed by atoms with E-state index in [1.807, 2.05) is 60.7 Å². The van der Waals surface area contributed by atoms with Crippen molar-refractivity contribution in [2.75, 3.05) is 4.90 Å². The monoisotopic (exact) mass is 785 g/mol. The van der Waals surface area contributed by atoms with Crippen LogP contribution in [0.15, 0.2) is 218 Å². The lowest BCUT2D eigenvalue weighted by atomic mass is 9.67. The van der Waals surface area contributed by atoms with E-state index in [1.165, 1.54) is 27.1 Å². The minimum atomic E-state index is -0.994. The molecule has 0 amide bonds. The lowest BCUT2D eigenvalue weighted by Gasteiger charge is -2.35. The van der Waals surface area contributed by atoms with Gasteiger partial charge in [-0.15, -0.1) is 0 Å². The summed E-state index contributed by atoms with van der Waals surface area (Å²) in [6.07, 6.45) is 0. The molecule has 288 valence electrons. The van der Waals surface area contributed by atoms with E-state index in [-0.39, 0.29) is 5.82 Å². The molecule has 0 aromatic heterocycles. The van der Waals surface area contributed by atoms with Crippen LogP contribution in [0.5, 0.6) is 23.0 Å². The molecule has 2 aliphatic rings. The van der Waals surface area contributed by atoms with Crippen molar-refractivity contribution in [2.45, 2.75) is 5.41 Å². The van der Waals surface area contributed by atoms with Crippen LogP contribution in [0.3, 0.4) is 0 Å². The second kappa shape index (κ2) is 13.8. The summed E-state index contributed by atoms with van der Waals surface area (Å²) in [5.41, 5.74) is 9.74. The van der Waals surface area contributed by atoms with Gasteiger partial charge < -0.3 is 14.4 Å². The summed E-state index contributed by atoms with van der Waals surface area (Å²) < 4.78 is 29.7. The highest BCUT2D eigenvalue weighted by Crippen LogP contribution is 2.62. The van der Waals surface area contributed by atoms with Crippen LogP contribution in [-0.4, -0.2) is 0 Å². The van der Waals surface area contributed by atoms with Crippen molar-refractivity contribution >= 4 is 38.6 Å². The maximum absolute atomic E-state index is 16.6. The average molecular weight is 786 g/mol. The Morgan fingerprint density at radius 2 is 0.951 bits per heavy atom. The Bertz CT molecular complexity index is 3270. The quantitative estimate of drug-likeness (QED) is 0.157. The number of halogens is 1. The normalized spacial score (nSPS) is 14.6. The van der Waals surface area contributed by atoms with E-state index in [4.69, 9.17) is 9.47 Å². The Morgan fingerprint density at radius 3 is 1.66 bits per heavy atom. The molecule has 0 saturated carbocycles. The predicted molar refractivity (Wildman–Crippen MR) is 245 cm³/mol. The predicted octanol–water partition coefficient (Wildman–Crippen LogP) is 15.5. The van der Waals surface area contributed by atoms with Crippen molar-refractivity contribution in [1.82, 2.24) is 0 Å². The molecule has 61 heavy (non-hydrogen) atoms. The van der Waals surface area contributed by atoms with E-state index in [9.17, 15) is 0 Å². The number of rotatable bonds is 6. The van der Waals surface area contributed by atoms with Crippen LogP contribution in [0.4, 0.5) is 21.5 Å². The van der Waals surface area contributed by atoms with Crippen LogP contribution in [-0.2, 0) is 5.41 Å². The molecule has 1 aliphatic heterocycles. The molecule has 4 heteroatoms. The SMILES string of the molecule is Fc1ccccc1C1(c2ccc(N(c3ccccc3)c3ccc(-c4c5ccccc5cc5ccccc45)cc3)cc2)c2ccccc2-c2c1ccc1c2Oc2ccccc2O1. The largest absolute Gasteiger partial charge is 0.449 e. The average Bonchev–Trinajstić information content (AvgIpc) is 3.62. The lowest BCUT2D eigenvalue weighted by Crippen LogP contribution is -2.30. The second-order valence-electron chi connectivity index (χ2n) is 15.7. The Balaban J connectivity index is 1.01. The molecule has 0 saturated heterocycles. The smallest absolute Gasteiger partial charge is 0.178 e. The summed E-state index contributed by atoms with van der Waals surface area (Å²) in [7, 11) is 0. The van der Waals surface area contributed by atoms with Crippen molar-refractivity contribution in [3.8, 4) is 45.3 Å². The topological polar surface area (TPSA) is 21.7 Å². The highest BCUT2D eigenvalue weighted by atomic mass is 19.1. The Labute approximate surface area is 353 Å². The molecular weight excluding hydrogens is 750 g/mol. The minimum Gasteiger partial charge on any atom is -0.449 e. The van der Waals surface area contributed by atoms with E-state index in [2.05, 4.69) is 150 Å². The number of fused-ring (bicyclic) bond motifs is 8. The summed E-state index contributed by atoms with van der Waals surface area (Å²) in [4.78, 5) is 2.28. The first-order valence-corrected chi connectivity index (χ1v) is 20.6. The minimum absolute atomic E-state index is 0.278. The van der Waals surface area contributed by atoms with Crippen LogP contribution in [0.2, 0.25) is 0 Å². The van der Waals surface area contributed by atoms with Gasteiger partial charge in [-0.05, 0) is 122 Å². The van der Waals surface area contributed by atoms with Gasteiger partial charge in [0.2, 0.25) is 0 Å². The van der Waals surface area contributed by atoms with Crippen LogP contribution in [0.25, 0.3) is 43.8 Å². The fraction of sp³-hybridized carbons (Fsp3) is 0.0175. The number of para-hydroxylation sites is 3. The van der Waals surface area contributed by atoms with Crippen LogP contribution in [0, 0.1) is 5.82 Å². The zero-order valence-electron chi connectivity index (χ0n) is 32.9. The van der Waals surface area contributed by atoms with Crippen molar-refractivity contribution in [2.24, 2.45) is 0 Å². The summed E-state index contributed by atoms with van der Waals surface area (Å²) in [6.45, 7) is 0. The highest BCUT2D eigenvalue weighted by molar-refractivity contribution is 6.12. The van der Waals surface area contributed by atoms with Gasteiger partial charge in [-0.2, -0.15) is 0 Å². The molecule has 0 N–H and O–H groups in total. The third-order valence-corrected chi connectivity index (χ3v) is 12.4. The van der Waals surface area contributed by atoms with Crippen molar-refractivity contribution in [1.29, 1.82) is 0 Å². The highest BCUT2D eigenvalue weighted by Gasteiger charge is 2.49. The molecule has 1 aliphatic carbocycles. The molecule has 1 unspecified atom stereocenters. The molecule has 3 nitrogen and oxygen atoms in total. The van der Waals surface area contributed by atoms with Crippen molar-refractivity contribution in [3.63, 3.8) is 0 Å². The second-order valence-corrected chi connectivity index (χ2v) is 15.7. The first-order chi connectivity index (χ1) is 30.2. The number of hydrogen-bond donors (Lipinski definition) is 0. The standard InChI is InChI=1S/C57H36FNO2/c58-50-23-11-10-22-48(50)57(47-21-9-8-20-46(47)55-49(57)34-35-53-56(55)61-52-25-13-12-24-51(52)60-53)40-28-32-43(33-29-40)59(41-16-2-1-3-17-41)42-30-26-37(27-31-42)54-44-18-6-4-14-38(44)36-39-15-5-7-19-45(39)54/h1-36H. The van der Waals surface area contributed by atoms with Gasteiger partial charge in [-0.1, -0.05) is 152 Å². The molecule has 0 bridgehead atoms. The molecule has 1 atom stereocenters. The Hall–Kier alpha value is -7.95. The van der Waals surface area contributed by atoms with E-state index in [1.54, 1.807) is 12.1 Å². The van der Waals surface area contributed by atoms with Gasteiger partial charge in [0, 0.05) is 28.2 Å². The summed E-state index contributed by atoms with van der Waals surface area (Å²) in [5, 5.41) is 4.90. The number of ether oxygens (including phenoxy) is 2. The van der Waals surface area contributed by atoms with Crippen molar-refractivity contribution < 1.29 is 13.9 Å². The molecule has 0 fully saturated rings. The molecule has 0 spiro atoms. The maximum Gasteiger partial charge on any atom is 0.178 e. The van der Waals surface area contributed by atoms with E-state index >= 15 is 4.39 Å². The third-order valence-electron chi connectivity index (χ3n) is 12.4. The molecule has 10 aromatic carbocycles. The Kier molecular flexibility index (Phi) is 7.94. The zero-order chi connectivity index (χ0) is 40.5. The summed E-state index contributed by atoms with van der Waals surface area (Å²) >= 11 is 0. The van der Waals surface area contributed by atoms with Crippen LogP contribution in [0.1, 0.15) is 22.3 Å². The number of hydrogen-bond acceptors (Lipinski definition) is 3. The van der Waals surface area contributed by atoms with Gasteiger partial charge in [0.25, 0.3) is 0 Å². The van der Waals surface area contributed by atoms with Crippen molar-refractivity contribution in [3.05, 3.63) is 246 Å². The first-order valence-electron chi connectivity index (χ1n) is 20.6. The van der Waals surface area contributed by atoms with Gasteiger partial charge in [-0.3, -0.25) is 0 Å². The van der Waals surface area contributed by atoms with Crippen LogP contribution < -0.4 is 14.4 Å². The number of anilines is 3. The van der Waals surface area contributed by atoms with E-state index in [0.717, 1.165) is 50.4 Å². The van der Waals surface area contributed by atoms with Gasteiger partial charge >= 0.3 is 0 Å². The van der Waals surface area contributed by atoms with Gasteiger partial charge in [0.1, 0.15) is 5.82 Å². The fourth-order valence-electron chi connectivity index (χ4n) is 9.85. The maximum atomic E-state index is 16.6. The van der Waals surface area contributed by atoms with Crippen LogP contribution >= 0.6 is 0 Å². The van der Waals surface area contributed by atoms with Gasteiger partial charge in [0.15, 0.2) is 23.0 Å². The Morgan fingerprint density at radius 1 is 0.393 bits per heavy atom. The number of nitrogens with zero attached hydrogens (tertiary/aromatic N) is 1. The molecule has 12 rings (SSSR count). The van der Waals surface area contributed by atoms with E-state index in [0.29, 0.717) is 28.6 Å². The molecule has 10 aromatic rings. The molecule has 1 heterocycles. The summed E-state index contributed by atoms with van der Waals surface area (Å²) in [5.74, 6) is 2.29. The lowest BCUT2D eigenvalue weighted by molar-refractivity contribution is 0.360. The molecule has 0 radical (unpaired) electrons. The van der Waals surface area contributed by atoms with Gasteiger partial charge in [-0.25, -0.2) is 4.39 Å². The number of benzene rings is 10. The molecular formula is C57H36FNO2. The first kappa shape index (κ1) is 35.0. The summed E-state index contributed by atoms with van der Waals surface area (Å²) in [6, 6.07) is 74.7. The van der Waals surface area contributed by atoms with Gasteiger partial charge in [0.05, 0.1) is 5.41 Å².